The van der Waals surface area contributed by atoms with Crippen molar-refractivity contribution in [1.29, 1.82) is 0 Å². The first kappa shape index (κ1) is 20.2. The number of hydrogen-bond acceptors (Lipinski definition) is 6. The van der Waals surface area contributed by atoms with Crippen LogP contribution in [-0.2, 0) is 11.3 Å². The number of anilines is 1. The number of benzene rings is 1. The minimum Gasteiger partial charge on any atom is -0.383 e. The van der Waals surface area contributed by atoms with Crippen molar-refractivity contribution < 1.29 is 4.79 Å². The molecule has 3 heterocycles. The Morgan fingerprint density at radius 2 is 2.13 bits per heavy atom. The molecule has 4 aromatic rings. The molecule has 0 saturated carbocycles. The second-order valence-electron chi connectivity index (χ2n) is 7.92. The second kappa shape index (κ2) is 7.98. The summed E-state index contributed by atoms with van der Waals surface area (Å²) in [5.74, 6) is 1.33. The minimum atomic E-state index is -0.605. The lowest BCUT2D eigenvalue weighted by Crippen LogP contribution is -2.40. The summed E-state index contributed by atoms with van der Waals surface area (Å²) in [4.78, 5) is 17.2. The van der Waals surface area contributed by atoms with Crippen molar-refractivity contribution in [2.75, 3.05) is 24.3 Å². The molecule has 0 aliphatic rings. The number of fused-ring (bicyclic) bond motifs is 3. The highest BCUT2D eigenvalue weighted by Crippen LogP contribution is 2.30. The number of hydrogen-bond donors (Lipinski definition) is 3. The maximum Gasteiger partial charge on any atom is 0.227 e. The average molecular weight is 424 g/mol. The summed E-state index contributed by atoms with van der Waals surface area (Å²) in [5, 5.41) is 16.4. The lowest BCUT2D eigenvalue weighted by molar-refractivity contribution is -0.130. The molecule has 3 aromatic heterocycles. The smallest absolute Gasteiger partial charge is 0.227 e. The molecule has 4 N–H and O–H groups in total. The molecule has 0 bridgehead atoms. The Kier molecular flexibility index (Phi) is 5.38. The van der Waals surface area contributed by atoms with E-state index in [1.807, 2.05) is 50.6 Å². The third kappa shape index (κ3) is 3.85. The largest absolute Gasteiger partial charge is 0.383 e. The van der Waals surface area contributed by atoms with E-state index in [1.165, 1.54) is 0 Å². The van der Waals surface area contributed by atoms with Crippen LogP contribution in [0.5, 0.6) is 0 Å². The van der Waals surface area contributed by atoms with Crippen molar-refractivity contribution in [3.8, 4) is 11.3 Å². The lowest BCUT2D eigenvalue weighted by Gasteiger charge is -2.23. The van der Waals surface area contributed by atoms with Gasteiger partial charge in [-0.05, 0) is 38.3 Å². The van der Waals surface area contributed by atoms with Crippen LogP contribution in [0.2, 0.25) is 0 Å². The Morgan fingerprint density at radius 1 is 1.30 bits per heavy atom. The molecule has 0 fully saturated rings. The second-order valence-corrected chi connectivity index (χ2v) is 8.91. The third-order valence-electron chi connectivity index (χ3n) is 5.11. The number of aromatic nitrogens is 5. The first-order valence-corrected chi connectivity index (χ1v) is 11.1. The van der Waals surface area contributed by atoms with Crippen LogP contribution >= 0.6 is 11.8 Å². The van der Waals surface area contributed by atoms with Crippen LogP contribution < -0.4 is 11.1 Å². The Balaban J connectivity index is 1.67. The number of aromatic amines is 1. The molecular weight excluding hydrogens is 398 g/mol. The highest BCUT2D eigenvalue weighted by atomic mass is 32.2. The summed E-state index contributed by atoms with van der Waals surface area (Å²) in [6.45, 7) is 4.94. The van der Waals surface area contributed by atoms with Gasteiger partial charge < -0.3 is 11.1 Å². The van der Waals surface area contributed by atoms with Gasteiger partial charge in [-0.2, -0.15) is 22.0 Å². The molecule has 0 atom stereocenters. The van der Waals surface area contributed by atoms with E-state index in [2.05, 4.69) is 20.5 Å². The Morgan fingerprint density at radius 3 is 2.87 bits per heavy atom. The number of rotatable bonds is 7. The number of carbonyl (C=O) groups excluding carboxylic acids is 1. The fourth-order valence-electron chi connectivity index (χ4n) is 3.47. The molecule has 9 heteroatoms. The quantitative estimate of drug-likeness (QED) is 0.394. The SMILES string of the molecule is CSCCNC(=O)C(C)(C)Cn1cc2c(N)nc3cc(-c4ccn[nH]4)ccc3c2n1. The zero-order chi connectivity index (χ0) is 21.3. The van der Waals surface area contributed by atoms with Crippen molar-refractivity contribution >= 4 is 45.3 Å². The summed E-state index contributed by atoms with van der Waals surface area (Å²) in [6.07, 6.45) is 5.61. The number of pyridine rings is 1. The van der Waals surface area contributed by atoms with Crippen molar-refractivity contribution in [2.45, 2.75) is 20.4 Å². The summed E-state index contributed by atoms with van der Waals surface area (Å²) < 4.78 is 1.79. The van der Waals surface area contributed by atoms with Crippen LogP contribution in [0.4, 0.5) is 5.82 Å². The fourth-order valence-corrected chi connectivity index (χ4v) is 3.78. The average Bonchev–Trinajstić information content (AvgIpc) is 3.38. The van der Waals surface area contributed by atoms with E-state index in [1.54, 1.807) is 22.6 Å². The van der Waals surface area contributed by atoms with Gasteiger partial charge in [-0.3, -0.25) is 14.6 Å². The summed E-state index contributed by atoms with van der Waals surface area (Å²) in [6, 6.07) is 7.89. The highest BCUT2D eigenvalue weighted by Gasteiger charge is 2.28. The normalized spacial score (nSPS) is 12.0. The van der Waals surface area contributed by atoms with Gasteiger partial charge in [0.15, 0.2) is 0 Å². The number of thioether (sulfide) groups is 1. The molecule has 0 aliphatic heterocycles. The summed E-state index contributed by atoms with van der Waals surface area (Å²) in [5.41, 5.74) is 9.09. The van der Waals surface area contributed by atoms with E-state index < -0.39 is 5.41 Å². The number of carbonyl (C=O) groups is 1. The highest BCUT2D eigenvalue weighted by molar-refractivity contribution is 7.98. The van der Waals surface area contributed by atoms with Gasteiger partial charge in [0.1, 0.15) is 11.3 Å². The van der Waals surface area contributed by atoms with Crippen molar-refractivity contribution in [1.82, 2.24) is 30.3 Å². The number of nitrogens with two attached hydrogens (primary N) is 1. The van der Waals surface area contributed by atoms with Crippen LogP contribution in [0.3, 0.4) is 0 Å². The van der Waals surface area contributed by atoms with Crippen LogP contribution in [0, 0.1) is 5.41 Å². The molecule has 1 aromatic carbocycles. The van der Waals surface area contributed by atoms with E-state index in [0.717, 1.165) is 38.8 Å². The topological polar surface area (TPSA) is 115 Å². The molecule has 0 saturated heterocycles. The van der Waals surface area contributed by atoms with Crippen molar-refractivity contribution in [3.05, 3.63) is 36.7 Å². The standard InChI is InChI=1S/C21H25N7OS/c1-21(2,20(29)23-8-9-30-3)12-28-11-15-18(27-28)14-5-4-13(16-6-7-24-26-16)10-17(14)25-19(15)22/h4-7,10-11H,8-9,12H2,1-3H3,(H2,22,25)(H,23,29)(H,24,26). The van der Waals surface area contributed by atoms with Crippen LogP contribution in [0.15, 0.2) is 36.7 Å². The van der Waals surface area contributed by atoms with E-state index >= 15 is 0 Å². The molecular formula is C21H25N7OS. The van der Waals surface area contributed by atoms with Crippen molar-refractivity contribution in [3.63, 3.8) is 0 Å². The number of H-pyrrole nitrogens is 1. The van der Waals surface area contributed by atoms with Gasteiger partial charge in [0.25, 0.3) is 0 Å². The molecule has 8 nitrogen and oxygen atoms in total. The predicted molar refractivity (Wildman–Crippen MR) is 122 cm³/mol. The van der Waals surface area contributed by atoms with Crippen LogP contribution in [-0.4, -0.2) is 49.4 Å². The lowest BCUT2D eigenvalue weighted by atomic mass is 9.92. The number of amides is 1. The van der Waals surface area contributed by atoms with Gasteiger partial charge in [-0.25, -0.2) is 4.98 Å². The van der Waals surface area contributed by atoms with Gasteiger partial charge >= 0.3 is 0 Å². The first-order chi connectivity index (χ1) is 14.4. The van der Waals surface area contributed by atoms with E-state index in [0.29, 0.717) is 18.9 Å². The molecule has 0 aliphatic carbocycles. The first-order valence-electron chi connectivity index (χ1n) is 9.72. The molecule has 1 amide bonds. The van der Waals surface area contributed by atoms with Gasteiger partial charge in [-0.15, -0.1) is 0 Å². The number of nitrogens with zero attached hydrogens (tertiary/aromatic N) is 4. The Hall–Kier alpha value is -3.07. The van der Waals surface area contributed by atoms with Crippen LogP contribution in [0.1, 0.15) is 13.8 Å². The maximum atomic E-state index is 12.6. The summed E-state index contributed by atoms with van der Waals surface area (Å²) >= 11 is 1.71. The monoisotopic (exact) mass is 423 g/mol. The van der Waals surface area contributed by atoms with Crippen LogP contribution in [0.25, 0.3) is 33.1 Å². The molecule has 156 valence electrons. The van der Waals surface area contributed by atoms with E-state index in [-0.39, 0.29) is 5.91 Å². The van der Waals surface area contributed by atoms with Gasteiger partial charge in [-0.1, -0.05) is 6.07 Å². The molecule has 0 spiro atoms. The molecule has 0 radical (unpaired) electrons. The predicted octanol–water partition coefficient (Wildman–Crippen LogP) is 3.06. The number of nitrogens with one attached hydrogen (secondary N) is 2. The van der Waals surface area contributed by atoms with Crippen molar-refractivity contribution in [2.24, 2.45) is 5.41 Å². The van der Waals surface area contributed by atoms with E-state index in [9.17, 15) is 4.79 Å². The minimum absolute atomic E-state index is 0.0104. The molecule has 30 heavy (non-hydrogen) atoms. The Bertz CT molecular complexity index is 1200. The fraction of sp³-hybridized carbons (Fsp3) is 0.333. The Labute approximate surface area is 178 Å². The maximum absolute atomic E-state index is 12.6. The van der Waals surface area contributed by atoms with E-state index in [4.69, 9.17) is 10.8 Å². The van der Waals surface area contributed by atoms with Gasteiger partial charge in [0, 0.05) is 35.6 Å². The zero-order valence-electron chi connectivity index (χ0n) is 17.3. The molecule has 4 rings (SSSR count). The molecule has 0 unspecified atom stereocenters. The zero-order valence-corrected chi connectivity index (χ0v) is 18.1. The van der Waals surface area contributed by atoms with Gasteiger partial charge in [0.05, 0.1) is 28.6 Å². The number of nitrogen functional groups attached to an aromatic ring is 1. The summed E-state index contributed by atoms with van der Waals surface area (Å²) in [7, 11) is 0. The third-order valence-corrected chi connectivity index (χ3v) is 5.72. The van der Waals surface area contributed by atoms with Gasteiger partial charge in [0.2, 0.25) is 5.91 Å².